The summed E-state index contributed by atoms with van der Waals surface area (Å²) in [6, 6.07) is 0.889. The zero-order valence-corrected chi connectivity index (χ0v) is 17.3. The lowest BCUT2D eigenvalue weighted by molar-refractivity contribution is -0.389. The molecule has 1 aliphatic rings. The van der Waals surface area contributed by atoms with Gasteiger partial charge >= 0.3 is 13.4 Å². The van der Waals surface area contributed by atoms with Crippen LogP contribution in [0.1, 0.15) is 29.8 Å². The van der Waals surface area contributed by atoms with Crippen molar-refractivity contribution in [3.63, 3.8) is 0 Å². The summed E-state index contributed by atoms with van der Waals surface area (Å²) in [5, 5.41) is 16.9. The third-order valence-electron chi connectivity index (χ3n) is 4.04. The first kappa shape index (κ1) is 24.1. The summed E-state index contributed by atoms with van der Waals surface area (Å²) in [7, 11) is -3.90. The summed E-state index contributed by atoms with van der Waals surface area (Å²) in [6.07, 6.45) is 2.57. The van der Waals surface area contributed by atoms with Crippen LogP contribution in [0.4, 0.5) is 5.82 Å². The van der Waals surface area contributed by atoms with Crippen LogP contribution >= 0.6 is 7.60 Å². The lowest BCUT2D eigenvalue weighted by Crippen LogP contribution is -2.32. The van der Waals surface area contributed by atoms with Crippen molar-refractivity contribution in [2.24, 2.45) is 0 Å². The number of amides is 3. The van der Waals surface area contributed by atoms with Gasteiger partial charge in [0, 0.05) is 44.7 Å². The van der Waals surface area contributed by atoms with Crippen molar-refractivity contribution >= 4 is 36.9 Å². The molecule has 1 aromatic rings. The SMILES string of the molecule is CP(=O)(O)OCn1nc([N+](=O)[O-])cc1C(=O)NCCCC(=O)CCN1C(=O)C=CC1=O. The maximum Gasteiger partial charge on any atom is 0.390 e. The van der Waals surface area contributed by atoms with E-state index in [1.807, 2.05) is 0 Å². The van der Waals surface area contributed by atoms with Gasteiger partial charge in [-0.2, -0.15) is 0 Å². The standard InChI is InChI=1S/C16H20N5O9P/c1-31(28,29)30-10-20-12(9-13(18-20)21(26)27)16(25)17-7-2-3-11(22)6-8-19-14(23)4-5-15(19)24/h4-5,9H,2-3,6-8,10H2,1H3,(H,17,25)(H,28,29). The van der Waals surface area contributed by atoms with E-state index in [1.165, 1.54) is 0 Å². The van der Waals surface area contributed by atoms with Crippen LogP contribution in [0.2, 0.25) is 0 Å². The molecule has 1 aliphatic heterocycles. The molecule has 0 aromatic carbocycles. The molecule has 0 fully saturated rings. The van der Waals surface area contributed by atoms with Gasteiger partial charge in [-0.05, 0) is 11.3 Å². The molecule has 31 heavy (non-hydrogen) atoms. The molecule has 0 saturated heterocycles. The Balaban J connectivity index is 1.81. The fourth-order valence-electron chi connectivity index (χ4n) is 2.53. The number of imide groups is 1. The number of nitro groups is 1. The summed E-state index contributed by atoms with van der Waals surface area (Å²) in [4.78, 5) is 67.2. The Kier molecular flexibility index (Phi) is 7.91. The summed E-state index contributed by atoms with van der Waals surface area (Å²) in [6.45, 7) is 0.292. The van der Waals surface area contributed by atoms with Crippen LogP contribution in [0.15, 0.2) is 18.2 Å². The Bertz CT molecular complexity index is 962. The van der Waals surface area contributed by atoms with Crippen molar-refractivity contribution in [1.82, 2.24) is 20.0 Å². The number of hydrogen-bond donors (Lipinski definition) is 2. The van der Waals surface area contributed by atoms with Crippen molar-refractivity contribution in [2.75, 3.05) is 19.8 Å². The highest BCUT2D eigenvalue weighted by molar-refractivity contribution is 7.51. The molecule has 15 heteroatoms. The van der Waals surface area contributed by atoms with E-state index in [1.54, 1.807) is 0 Å². The van der Waals surface area contributed by atoms with Gasteiger partial charge in [0.25, 0.3) is 17.7 Å². The fourth-order valence-corrected chi connectivity index (χ4v) is 2.85. The van der Waals surface area contributed by atoms with Gasteiger partial charge in [0.15, 0.2) is 12.4 Å². The van der Waals surface area contributed by atoms with Crippen LogP contribution in [0.25, 0.3) is 0 Å². The second-order valence-electron chi connectivity index (χ2n) is 6.52. The lowest BCUT2D eigenvalue weighted by Gasteiger charge is -2.12. The largest absolute Gasteiger partial charge is 0.390 e. The number of aromatic nitrogens is 2. The van der Waals surface area contributed by atoms with Crippen LogP contribution in [0.5, 0.6) is 0 Å². The number of Topliss-reactive ketones (excluding diaryl/α,β-unsaturated/α-hetero) is 1. The van der Waals surface area contributed by atoms with E-state index in [-0.39, 0.29) is 43.8 Å². The van der Waals surface area contributed by atoms with E-state index in [9.17, 15) is 38.8 Å². The molecule has 3 amide bonds. The quantitative estimate of drug-likeness (QED) is 0.142. The average molecular weight is 457 g/mol. The number of nitrogens with one attached hydrogen (secondary N) is 1. The number of carbonyl (C=O) groups is 4. The first-order valence-electron chi connectivity index (χ1n) is 8.98. The van der Waals surface area contributed by atoms with Crippen LogP contribution in [-0.2, 0) is 30.2 Å². The highest BCUT2D eigenvalue weighted by atomic mass is 31.2. The predicted octanol–water partition coefficient (Wildman–Crippen LogP) is -0.0252. The molecule has 0 radical (unpaired) electrons. The summed E-state index contributed by atoms with van der Waals surface area (Å²) < 4.78 is 16.7. The van der Waals surface area contributed by atoms with Crippen LogP contribution < -0.4 is 5.32 Å². The monoisotopic (exact) mass is 457 g/mol. The highest BCUT2D eigenvalue weighted by Gasteiger charge is 2.25. The van der Waals surface area contributed by atoms with Crippen LogP contribution in [0, 0.1) is 10.1 Å². The molecule has 14 nitrogen and oxygen atoms in total. The van der Waals surface area contributed by atoms with Crippen molar-refractivity contribution in [3.8, 4) is 0 Å². The molecule has 2 heterocycles. The molecule has 2 N–H and O–H groups in total. The maximum absolute atomic E-state index is 12.3. The van der Waals surface area contributed by atoms with Gasteiger partial charge in [0.05, 0.1) is 11.2 Å². The van der Waals surface area contributed by atoms with E-state index < -0.39 is 42.8 Å². The van der Waals surface area contributed by atoms with E-state index >= 15 is 0 Å². The summed E-state index contributed by atoms with van der Waals surface area (Å²) in [5.74, 6) is -2.55. The zero-order chi connectivity index (χ0) is 23.2. The molecule has 1 atom stereocenters. The molecule has 0 spiro atoms. The third kappa shape index (κ3) is 7.20. The molecule has 0 bridgehead atoms. The van der Waals surface area contributed by atoms with Crippen LogP contribution in [0.3, 0.4) is 0 Å². The molecule has 0 saturated carbocycles. The van der Waals surface area contributed by atoms with Crippen LogP contribution in [-0.4, -0.2) is 67.8 Å². The molecule has 168 valence electrons. The van der Waals surface area contributed by atoms with Crippen molar-refractivity contribution in [3.05, 3.63) is 34.0 Å². The molecule has 1 aromatic heterocycles. The molecule has 0 aliphatic carbocycles. The van der Waals surface area contributed by atoms with Gasteiger partial charge in [-0.15, -0.1) is 4.68 Å². The minimum absolute atomic E-state index is 0.0123. The molecule has 1 unspecified atom stereocenters. The van der Waals surface area contributed by atoms with E-state index in [0.29, 0.717) is 0 Å². The number of nitrogens with zero attached hydrogens (tertiary/aromatic N) is 4. The average Bonchev–Trinajstić information content (AvgIpc) is 3.25. The Morgan fingerprint density at radius 1 is 1.29 bits per heavy atom. The van der Waals surface area contributed by atoms with E-state index in [2.05, 4.69) is 14.9 Å². The van der Waals surface area contributed by atoms with E-state index in [4.69, 9.17) is 0 Å². The second-order valence-corrected chi connectivity index (χ2v) is 8.38. The normalized spacial score (nSPS) is 15.2. The number of hydrogen-bond acceptors (Lipinski definition) is 9. The Hall–Kier alpha value is -3.22. The van der Waals surface area contributed by atoms with Gasteiger partial charge in [0.1, 0.15) is 5.78 Å². The van der Waals surface area contributed by atoms with Crippen molar-refractivity contribution in [2.45, 2.75) is 26.0 Å². The second kappa shape index (κ2) is 10.2. The van der Waals surface area contributed by atoms with Crippen molar-refractivity contribution < 1.29 is 38.1 Å². The Morgan fingerprint density at radius 3 is 2.52 bits per heavy atom. The van der Waals surface area contributed by atoms with Gasteiger partial charge < -0.3 is 20.3 Å². The molecular weight excluding hydrogens is 437 g/mol. The third-order valence-corrected chi connectivity index (χ3v) is 4.63. The fraction of sp³-hybridized carbons (Fsp3) is 0.438. The molecule has 2 rings (SSSR count). The highest BCUT2D eigenvalue weighted by Crippen LogP contribution is 2.37. The van der Waals surface area contributed by atoms with Gasteiger partial charge in [-0.25, -0.2) is 0 Å². The Morgan fingerprint density at radius 2 is 1.94 bits per heavy atom. The van der Waals surface area contributed by atoms with Gasteiger partial charge in [0.2, 0.25) is 0 Å². The minimum atomic E-state index is -3.90. The lowest BCUT2D eigenvalue weighted by atomic mass is 10.1. The Labute approximate surface area is 175 Å². The maximum atomic E-state index is 12.3. The smallest absolute Gasteiger partial charge is 0.358 e. The van der Waals surface area contributed by atoms with Crippen molar-refractivity contribution in [1.29, 1.82) is 0 Å². The number of carbonyl (C=O) groups excluding carboxylic acids is 4. The van der Waals surface area contributed by atoms with Gasteiger partial charge in [-0.1, -0.05) is 0 Å². The summed E-state index contributed by atoms with van der Waals surface area (Å²) >= 11 is 0. The predicted molar refractivity (Wildman–Crippen MR) is 103 cm³/mol. The zero-order valence-electron chi connectivity index (χ0n) is 16.4. The van der Waals surface area contributed by atoms with E-state index in [0.717, 1.165) is 34.5 Å². The first-order valence-corrected chi connectivity index (χ1v) is 11.0. The first-order chi connectivity index (χ1) is 14.5. The topological polar surface area (TPSA) is 191 Å². The summed E-state index contributed by atoms with van der Waals surface area (Å²) in [5.41, 5.74) is -0.259. The number of ketones is 1. The molecular formula is C16H20N5O9P. The minimum Gasteiger partial charge on any atom is -0.358 e. The van der Waals surface area contributed by atoms with Gasteiger partial charge in [-0.3, -0.25) is 33.2 Å². The number of rotatable bonds is 12.